The maximum Gasteiger partial charge on any atom is 0.232 e. The van der Waals surface area contributed by atoms with Crippen molar-refractivity contribution in [2.24, 2.45) is 0 Å². The highest BCUT2D eigenvalue weighted by molar-refractivity contribution is 8.13. The molecule has 0 saturated heterocycles. The number of nitrogens with zero attached hydrogens (tertiary/aromatic N) is 2. The number of hydrogen-bond donors (Lipinski definition) is 0. The van der Waals surface area contributed by atoms with Crippen LogP contribution in [0.4, 0.5) is 0 Å². The van der Waals surface area contributed by atoms with Gasteiger partial charge in [0.25, 0.3) is 0 Å². The molecule has 17 heavy (non-hydrogen) atoms. The zero-order valence-electron chi connectivity index (χ0n) is 9.80. The molecule has 0 amide bonds. The van der Waals surface area contributed by atoms with Gasteiger partial charge in [-0.2, -0.15) is 5.10 Å². The molecular weight excluding hydrogens is 264 g/mol. The van der Waals surface area contributed by atoms with Crippen molar-refractivity contribution in [1.82, 2.24) is 9.78 Å². The van der Waals surface area contributed by atoms with E-state index < -0.39 is 9.05 Å². The topological polar surface area (TPSA) is 61.2 Å². The molecule has 0 bridgehead atoms. The van der Waals surface area contributed by atoms with Crippen molar-refractivity contribution < 1.29 is 13.2 Å². The summed E-state index contributed by atoms with van der Waals surface area (Å²) in [5, 5.41) is 4.12. The maximum atomic E-state index is 10.7. The smallest absolute Gasteiger partial charge is 0.232 e. The van der Waals surface area contributed by atoms with Crippen LogP contribution in [0.15, 0.2) is 12.4 Å². The molecule has 0 aliphatic heterocycles. The van der Waals surface area contributed by atoms with Gasteiger partial charge < -0.3 is 4.74 Å². The van der Waals surface area contributed by atoms with Crippen LogP contribution in [0.1, 0.15) is 26.2 Å². The third kappa shape index (κ3) is 6.53. The molecule has 0 aromatic carbocycles. The summed E-state index contributed by atoms with van der Waals surface area (Å²) in [4.78, 5) is 0. The second-order valence-electron chi connectivity index (χ2n) is 3.74. The fourth-order valence-corrected chi connectivity index (χ4v) is 2.21. The van der Waals surface area contributed by atoms with E-state index in [0.29, 0.717) is 25.2 Å². The number of unbranched alkanes of at least 4 members (excludes halogenated alkanes) is 1. The molecule has 0 spiro atoms. The summed E-state index contributed by atoms with van der Waals surface area (Å²) in [5.74, 6) is 0.708. The Bertz CT molecular complexity index is 431. The van der Waals surface area contributed by atoms with Crippen LogP contribution in [-0.2, 0) is 15.6 Å². The number of aryl methyl sites for hydroxylation is 1. The molecule has 0 aliphatic carbocycles. The van der Waals surface area contributed by atoms with Gasteiger partial charge >= 0.3 is 0 Å². The molecule has 1 aromatic heterocycles. The third-order valence-corrected chi connectivity index (χ3v) is 3.35. The van der Waals surface area contributed by atoms with Gasteiger partial charge in [-0.3, -0.25) is 4.68 Å². The van der Waals surface area contributed by atoms with E-state index in [-0.39, 0.29) is 5.75 Å². The molecule has 98 valence electrons. The molecule has 0 unspecified atom stereocenters. The zero-order valence-corrected chi connectivity index (χ0v) is 11.4. The van der Waals surface area contributed by atoms with E-state index in [9.17, 15) is 8.42 Å². The minimum atomic E-state index is -3.37. The summed E-state index contributed by atoms with van der Waals surface area (Å²) < 4.78 is 28.5. The number of halogens is 1. The van der Waals surface area contributed by atoms with Crippen molar-refractivity contribution >= 4 is 19.7 Å². The number of rotatable bonds is 8. The SMILES string of the molecule is CCCn1cc(OCCCCS(=O)(=O)Cl)cn1. The molecule has 1 heterocycles. The van der Waals surface area contributed by atoms with Crippen LogP contribution in [0, 0.1) is 0 Å². The average Bonchev–Trinajstić information content (AvgIpc) is 2.64. The summed E-state index contributed by atoms with van der Waals surface area (Å²) in [6.07, 6.45) is 5.68. The lowest BCUT2D eigenvalue weighted by Crippen LogP contribution is -2.02. The van der Waals surface area contributed by atoms with Gasteiger partial charge in [0.1, 0.15) is 0 Å². The average molecular weight is 281 g/mol. The molecule has 7 heteroatoms. The van der Waals surface area contributed by atoms with Crippen LogP contribution in [0.25, 0.3) is 0 Å². The van der Waals surface area contributed by atoms with E-state index in [2.05, 4.69) is 12.0 Å². The van der Waals surface area contributed by atoms with Crippen molar-refractivity contribution in [3.63, 3.8) is 0 Å². The Morgan fingerprint density at radius 1 is 1.47 bits per heavy atom. The second-order valence-corrected chi connectivity index (χ2v) is 6.63. The van der Waals surface area contributed by atoms with Gasteiger partial charge in [0.2, 0.25) is 9.05 Å². The lowest BCUT2D eigenvalue weighted by Gasteiger charge is -2.02. The Kier molecular flexibility index (Phi) is 5.77. The second kappa shape index (κ2) is 6.86. The van der Waals surface area contributed by atoms with Crippen LogP contribution in [0.3, 0.4) is 0 Å². The number of ether oxygens (including phenoxy) is 1. The van der Waals surface area contributed by atoms with Crippen LogP contribution >= 0.6 is 10.7 Å². The fraction of sp³-hybridized carbons (Fsp3) is 0.700. The Morgan fingerprint density at radius 2 is 2.24 bits per heavy atom. The molecule has 0 fully saturated rings. The Morgan fingerprint density at radius 3 is 2.88 bits per heavy atom. The highest BCUT2D eigenvalue weighted by Crippen LogP contribution is 2.09. The monoisotopic (exact) mass is 280 g/mol. The first kappa shape index (κ1) is 14.3. The Balaban J connectivity index is 2.17. The summed E-state index contributed by atoms with van der Waals surface area (Å²) in [5.41, 5.74) is 0. The summed E-state index contributed by atoms with van der Waals surface area (Å²) in [6, 6.07) is 0. The maximum absolute atomic E-state index is 10.7. The molecule has 0 aliphatic rings. The van der Waals surface area contributed by atoms with Gasteiger partial charge in [0.05, 0.1) is 24.8 Å². The van der Waals surface area contributed by atoms with E-state index in [1.54, 1.807) is 6.20 Å². The normalized spacial score (nSPS) is 11.6. The molecule has 5 nitrogen and oxygen atoms in total. The predicted molar refractivity (Wildman–Crippen MR) is 66.9 cm³/mol. The minimum absolute atomic E-state index is 0.00693. The molecule has 1 rings (SSSR count). The summed E-state index contributed by atoms with van der Waals surface area (Å²) in [6.45, 7) is 3.42. The van der Waals surface area contributed by atoms with Crippen LogP contribution in [-0.4, -0.2) is 30.6 Å². The molecular formula is C10H17ClN2O3S. The predicted octanol–water partition coefficient (Wildman–Crippen LogP) is 2.02. The first-order valence-corrected chi connectivity index (χ1v) is 8.06. The first-order valence-electron chi connectivity index (χ1n) is 5.59. The highest BCUT2D eigenvalue weighted by atomic mass is 35.7. The summed E-state index contributed by atoms with van der Waals surface area (Å²) >= 11 is 0. The highest BCUT2D eigenvalue weighted by Gasteiger charge is 2.04. The van der Waals surface area contributed by atoms with Crippen molar-refractivity contribution in [2.45, 2.75) is 32.7 Å². The zero-order chi connectivity index (χ0) is 12.7. The minimum Gasteiger partial charge on any atom is -0.490 e. The van der Waals surface area contributed by atoms with Crippen molar-refractivity contribution in [3.8, 4) is 5.75 Å². The lowest BCUT2D eigenvalue weighted by atomic mass is 10.4. The van der Waals surface area contributed by atoms with Gasteiger partial charge in [-0.25, -0.2) is 8.42 Å². The van der Waals surface area contributed by atoms with E-state index in [1.807, 2.05) is 10.9 Å². The third-order valence-electron chi connectivity index (χ3n) is 2.11. The largest absolute Gasteiger partial charge is 0.490 e. The van der Waals surface area contributed by atoms with E-state index in [0.717, 1.165) is 13.0 Å². The van der Waals surface area contributed by atoms with Crippen molar-refractivity contribution in [3.05, 3.63) is 12.4 Å². The summed E-state index contributed by atoms with van der Waals surface area (Å²) in [7, 11) is 1.71. The van der Waals surface area contributed by atoms with Gasteiger partial charge in [0, 0.05) is 17.2 Å². The standard InChI is InChI=1S/C10H17ClN2O3S/c1-2-5-13-9-10(8-12-13)16-6-3-4-7-17(11,14)15/h8-9H,2-7H2,1H3. The molecule has 0 radical (unpaired) electrons. The fourth-order valence-electron chi connectivity index (χ4n) is 1.34. The molecule has 0 N–H and O–H groups in total. The quantitative estimate of drug-likeness (QED) is 0.540. The first-order chi connectivity index (χ1) is 8.01. The van der Waals surface area contributed by atoms with Gasteiger partial charge in [-0.15, -0.1) is 0 Å². The van der Waals surface area contributed by atoms with E-state index in [1.165, 1.54) is 0 Å². The Hall–Kier alpha value is -0.750. The molecule has 1 aromatic rings. The van der Waals surface area contributed by atoms with Gasteiger partial charge in [-0.05, 0) is 19.3 Å². The van der Waals surface area contributed by atoms with Crippen molar-refractivity contribution in [2.75, 3.05) is 12.4 Å². The van der Waals surface area contributed by atoms with Crippen molar-refractivity contribution in [1.29, 1.82) is 0 Å². The van der Waals surface area contributed by atoms with E-state index in [4.69, 9.17) is 15.4 Å². The van der Waals surface area contributed by atoms with Crippen LogP contribution < -0.4 is 4.74 Å². The molecule has 0 atom stereocenters. The van der Waals surface area contributed by atoms with Crippen LogP contribution in [0.5, 0.6) is 5.75 Å². The number of hydrogen-bond acceptors (Lipinski definition) is 4. The van der Waals surface area contributed by atoms with Crippen LogP contribution in [0.2, 0.25) is 0 Å². The van der Waals surface area contributed by atoms with E-state index >= 15 is 0 Å². The van der Waals surface area contributed by atoms with Gasteiger partial charge in [-0.1, -0.05) is 6.92 Å². The van der Waals surface area contributed by atoms with Gasteiger partial charge in [0.15, 0.2) is 5.75 Å². The lowest BCUT2D eigenvalue weighted by molar-refractivity contribution is 0.309. The Labute approximate surface area is 106 Å². The molecule has 0 saturated carbocycles. The number of aromatic nitrogens is 2.